The van der Waals surface area contributed by atoms with Gasteiger partial charge in [-0.25, -0.2) is 0 Å². The highest BCUT2D eigenvalue weighted by atomic mass is 32.2. The van der Waals surface area contributed by atoms with Crippen molar-refractivity contribution in [2.45, 2.75) is 63.9 Å². The highest BCUT2D eigenvalue weighted by molar-refractivity contribution is 7.75. The van der Waals surface area contributed by atoms with Crippen LogP contribution in [0.5, 0.6) is 5.75 Å². The standard InChI is InChI=1S/C33H42N2O4S/c1-22-9-13-28-24(16-22)7-5-15-33(28)20-35-18-26-10-12-27(26)30(38-3)8-4-6-23(2)19-40(37)34-32(36)25-11-14-31(39-21-33)29(35)17-25/h4,8-9,11,13-14,16-17,23,26-27,30,40H,5-7,10,12,15,18-21H2,1-3H3/b8-4+/t23-,26-,27+,30-,33-/m0/s1. The molecule has 1 spiro atoms. The van der Waals surface area contributed by atoms with Gasteiger partial charge in [-0.1, -0.05) is 42.8 Å². The van der Waals surface area contributed by atoms with Gasteiger partial charge in [0.2, 0.25) is 0 Å². The van der Waals surface area contributed by atoms with Crippen LogP contribution < -0.4 is 9.64 Å². The monoisotopic (exact) mass is 562 g/mol. The lowest BCUT2D eigenvalue weighted by Gasteiger charge is -2.46. The topological polar surface area (TPSA) is 68.2 Å². The molecular weight excluding hydrogens is 520 g/mol. The van der Waals surface area contributed by atoms with Crippen LogP contribution >= 0.6 is 0 Å². The van der Waals surface area contributed by atoms with Crippen molar-refractivity contribution in [2.75, 3.05) is 37.5 Å². The number of carbonyl (C=O) groups excluding carboxylic acids is 1. The van der Waals surface area contributed by atoms with Gasteiger partial charge in [0.25, 0.3) is 5.91 Å². The Morgan fingerprint density at radius 3 is 2.85 bits per heavy atom. The minimum Gasteiger partial charge on any atom is -0.490 e. The van der Waals surface area contributed by atoms with E-state index in [4.69, 9.17) is 9.47 Å². The molecule has 1 unspecified atom stereocenters. The van der Waals surface area contributed by atoms with E-state index >= 15 is 0 Å². The van der Waals surface area contributed by atoms with E-state index in [1.807, 2.05) is 19.2 Å². The van der Waals surface area contributed by atoms with E-state index in [0.29, 0.717) is 29.8 Å². The maximum Gasteiger partial charge on any atom is 0.284 e. The van der Waals surface area contributed by atoms with Gasteiger partial charge < -0.3 is 14.4 Å². The Bertz CT molecular complexity index is 1400. The molecule has 2 bridgehead atoms. The molecule has 4 aliphatic rings. The van der Waals surface area contributed by atoms with Crippen LogP contribution in [0.3, 0.4) is 0 Å². The third-order valence-electron chi connectivity index (χ3n) is 9.64. The summed E-state index contributed by atoms with van der Waals surface area (Å²) in [5.74, 6) is 1.92. The number of rotatable bonds is 1. The number of amides is 1. The van der Waals surface area contributed by atoms with Crippen molar-refractivity contribution in [2.24, 2.45) is 22.1 Å². The van der Waals surface area contributed by atoms with Crippen LogP contribution in [0, 0.1) is 24.7 Å². The van der Waals surface area contributed by atoms with Crippen molar-refractivity contribution in [1.82, 2.24) is 0 Å². The number of aryl methyl sites for hydroxylation is 2. The SMILES string of the molecule is CO[C@H]1/C=C/C[C@H](C)C/[SH](=O)=N\C(=O)c2ccc3c(c2)N(C[C@@H]2CC[C@H]21)C[C@@]1(CCCc2cc(C)ccc21)CO3. The molecule has 6 nitrogen and oxygen atoms in total. The van der Waals surface area contributed by atoms with Crippen molar-refractivity contribution >= 4 is 22.2 Å². The molecule has 2 aliphatic heterocycles. The first-order valence-corrected chi connectivity index (χ1v) is 16.3. The second kappa shape index (κ2) is 11.3. The predicted molar refractivity (Wildman–Crippen MR) is 161 cm³/mol. The number of carbonyl (C=O) groups is 1. The Labute approximate surface area is 240 Å². The Hall–Kier alpha value is -2.64. The molecule has 2 aromatic carbocycles. The Balaban J connectivity index is 1.43. The average Bonchev–Trinajstić information content (AvgIpc) is 3.06. The maximum atomic E-state index is 13.2. The minimum absolute atomic E-state index is 0.0697. The van der Waals surface area contributed by atoms with Gasteiger partial charge in [0.15, 0.2) is 0 Å². The number of allylic oxidation sites excluding steroid dienone is 1. The number of fused-ring (bicyclic) bond motifs is 4. The molecule has 6 atom stereocenters. The van der Waals surface area contributed by atoms with Crippen molar-refractivity contribution in [1.29, 1.82) is 0 Å². The number of methoxy groups -OCH3 is 1. The molecule has 0 N–H and O–H groups in total. The van der Waals surface area contributed by atoms with Crippen LogP contribution in [0.2, 0.25) is 0 Å². The van der Waals surface area contributed by atoms with Gasteiger partial charge in [0.1, 0.15) is 5.75 Å². The number of benzene rings is 2. The lowest BCUT2D eigenvalue weighted by molar-refractivity contribution is 0.0131. The number of anilines is 1. The van der Waals surface area contributed by atoms with Crippen LogP contribution in [0.25, 0.3) is 0 Å². The first kappa shape index (κ1) is 27.5. The van der Waals surface area contributed by atoms with Crippen LogP contribution in [-0.4, -0.2) is 48.8 Å². The fourth-order valence-corrected chi connectivity index (χ4v) is 8.41. The smallest absolute Gasteiger partial charge is 0.284 e. The van der Waals surface area contributed by atoms with E-state index in [1.54, 1.807) is 6.07 Å². The molecule has 0 aromatic heterocycles. The van der Waals surface area contributed by atoms with E-state index < -0.39 is 16.5 Å². The number of thiol groups is 1. The number of nitrogens with zero attached hydrogens (tertiary/aromatic N) is 2. The molecule has 1 saturated carbocycles. The zero-order valence-electron chi connectivity index (χ0n) is 24.0. The van der Waals surface area contributed by atoms with E-state index in [9.17, 15) is 9.00 Å². The third kappa shape index (κ3) is 5.35. The molecule has 2 aromatic rings. The Kier molecular flexibility index (Phi) is 7.79. The molecule has 0 radical (unpaired) electrons. The van der Waals surface area contributed by atoms with Gasteiger partial charge in [0, 0.05) is 47.5 Å². The van der Waals surface area contributed by atoms with Gasteiger partial charge in [-0.15, -0.1) is 0 Å². The van der Waals surface area contributed by atoms with E-state index in [-0.39, 0.29) is 17.4 Å². The lowest BCUT2D eigenvalue weighted by atomic mass is 9.68. The van der Waals surface area contributed by atoms with E-state index in [1.165, 1.54) is 23.1 Å². The van der Waals surface area contributed by atoms with Crippen molar-refractivity contribution in [3.63, 3.8) is 0 Å². The fraction of sp³-hybridized carbons (Fsp3) is 0.545. The summed E-state index contributed by atoms with van der Waals surface area (Å²) in [6, 6.07) is 12.5. The average molecular weight is 563 g/mol. The highest BCUT2D eigenvalue weighted by Crippen LogP contribution is 2.46. The van der Waals surface area contributed by atoms with Crippen molar-refractivity contribution < 1.29 is 18.5 Å². The first-order chi connectivity index (χ1) is 19.3. The second-order valence-electron chi connectivity index (χ2n) is 12.6. The first-order valence-electron chi connectivity index (χ1n) is 14.9. The second-order valence-corrected chi connectivity index (χ2v) is 13.8. The Morgan fingerprint density at radius 2 is 2.05 bits per heavy atom. The molecule has 214 valence electrons. The highest BCUT2D eigenvalue weighted by Gasteiger charge is 2.44. The summed E-state index contributed by atoms with van der Waals surface area (Å²) < 4.78 is 29.5. The molecule has 7 heteroatoms. The van der Waals surface area contributed by atoms with Crippen molar-refractivity contribution in [3.8, 4) is 5.75 Å². The predicted octanol–water partition coefficient (Wildman–Crippen LogP) is 5.91. The molecular formula is C33H42N2O4S. The van der Waals surface area contributed by atoms with Crippen LogP contribution in [0.4, 0.5) is 5.69 Å². The van der Waals surface area contributed by atoms with Gasteiger partial charge in [-0.3, -0.25) is 9.00 Å². The maximum absolute atomic E-state index is 13.2. The minimum atomic E-state index is -1.97. The Morgan fingerprint density at radius 1 is 1.18 bits per heavy atom. The van der Waals surface area contributed by atoms with Gasteiger partial charge in [-0.2, -0.15) is 4.36 Å². The normalized spacial score (nSPS) is 33.4. The summed E-state index contributed by atoms with van der Waals surface area (Å²) in [7, 11) is -0.162. The lowest BCUT2D eigenvalue weighted by Crippen LogP contribution is -2.49. The summed E-state index contributed by atoms with van der Waals surface area (Å²) in [6.45, 7) is 6.57. The van der Waals surface area contributed by atoms with Crippen molar-refractivity contribution in [3.05, 3.63) is 70.8 Å². The van der Waals surface area contributed by atoms with Gasteiger partial charge in [0.05, 0.1) is 18.4 Å². The van der Waals surface area contributed by atoms with Crippen LogP contribution in [-0.2, 0) is 27.2 Å². The van der Waals surface area contributed by atoms with Gasteiger partial charge in [-0.05, 0) is 92.5 Å². The quantitative estimate of drug-likeness (QED) is 0.346. The van der Waals surface area contributed by atoms with E-state index in [0.717, 1.165) is 56.6 Å². The molecule has 0 saturated heterocycles. The van der Waals surface area contributed by atoms with Gasteiger partial charge >= 0.3 is 0 Å². The molecule has 6 rings (SSSR count). The summed E-state index contributed by atoms with van der Waals surface area (Å²) in [4.78, 5) is 15.6. The number of ether oxygens (including phenoxy) is 2. The summed E-state index contributed by atoms with van der Waals surface area (Å²) in [5, 5.41) is 0. The third-order valence-corrected chi connectivity index (χ3v) is 11.0. The fourth-order valence-electron chi connectivity index (χ4n) is 7.33. The largest absolute Gasteiger partial charge is 0.490 e. The summed E-state index contributed by atoms with van der Waals surface area (Å²) >= 11 is 0. The molecule has 2 heterocycles. The molecule has 2 aliphatic carbocycles. The zero-order chi connectivity index (χ0) is 27.9. The number of hydrogen-bond donors (Lipinski definition) is 1. The summed E-state index contributed by atoms with van der Waals surface area (Å²) in [6.07, 6.45) is 10.9. The molecule has 40 heavy (non-hydrogen) atoms. The van der Waals surface area contributed by atoms with E-state index in [2.05, 4.69) is 53.5 Å². The molecule has 1 fully saturated rings. The molecule has 1 amide bonds. The summed E-state index contributed by atoms with van der Waals surface area (Å²) in [5.41, 5.74) is 5.45. The van der Waals surface area contributed by atoms with Crippen LogP contribution in [0.1, 0.15) is 66.1 Å². The van der Waals surface area contributed by atoms with Crippen LogP contribution in [0.15, 0.2) is 52.9 Å². The zero-order valence-corrected chi connectivity index (χ0v) is 24.9. The number of hydrogen-bond acceptors (Lipinski definition) is 5.